The molecule has 0 heterocycles. The number of rotatable bonds is 9. The molecule has 11 heteroatoms. The van der Waals surface area contributed by atoms with E-state index in [0.717, 1.165) is 5.56 Å². The van der Waals surface area contributed by atoms with Crippen molar-refractivity contribution in [1.82, 2.24) is 0 Å². The van der Waals surface area contributed by atoms with E-state index in [4.69, 9.17) is 5.73 Å². The maximum Gasteiger partial charge on any atom is 0.336 e. The van der Waals surface area contributed by atoms with E-state index >= 15 is 0 Å². The molecule has 0 fully saturated rings. The van der Waals surface area contributed by atoms with Crippen molar-refractivity contribution in [3.8, 4) is 0 Å². The highest BCUT2D eigenvalue weighted by Gasteiger charge is 2.29. The number of aryl methyl sites for hydroxylation is 1. The number of carbonyl (C=O) groups excluding carboxylic acids is 2. The van der Waals surface area contributed by atoms with Crippen molar-refractivity contribution in [1.29, 1.82) is 0 Å². The van der Waals surface area contributed by atoms with Crippen molar-refractivity contribution < 1.29 is 37.8 Å². The molecule has 0 saturated carbocycles. The molecule has 0 atom stereocenters. The number of carbonyl (C=O) groups is 4. The predicted molar refractivity (Wildman–Crippen MR) is 158 cm³/mol. The van der Waals surface area contributed by atoms with Crippen LogP contribution in [0.3, 0.4) is 0 Å². The van der Waals surface area contributed by atoms with Crippen molar-refractivity contribution >= 4 is 39.3 Å². The van der Waals surface area contributed by atoms with Crippen molar-refractivity contribution in [2.45, 2.75) is 36.0 Å². The number of sulfone groups is 1. The molecule has 220 valence electrons. The monoisotopic (exact) mass is 600 g/mol. The molecule has 0 radical (unpaired) electrons. The summed E-state index contributed by atoms with van der Waals surface area (Å²) in [5, 5.41) is 21.8. The SMILES string of the molecule is Cc1cccc(S(=O)(=O)c2cccc(NC(=O)c3cc(C(C)(C)c4ccc(C(=O)O)c(C(N)=O)c4)ccc3C(=O)O)c2)c1. The molecule has 10 nitrogen and oxygen atoms in total. The topological polar surface area (TPSA) is 181 Å². The minimum absolute atomic E-state index is 0.0562. The van der Waals surface area contributed by atoms with Gasteiger partial charge in [0.15, 0.2) is 0 Å². The summed E-state index contributed by atoms with van der Waals surface area (Å²) in [7, 11) is -3.90. The van der Waals surface area contributed by atoms with Crippen LogP contribution < -0.4 is 11.1 Å². The molecule has 4 rings (SSSR count). The first-order valence-electron chi connectivity index (χ1n) is 12.9. The van der Waals surface area contributed by atoms with Gasteiger partial charge >= 0.3 is 11.9 Å². The summed E-state index contributed by atoms with van der Waals surface area (Å²) < 4.78 is 26.4. The van der Waals surface area contributed by atoms with Crippen LogP contribution in [0.1, 0.15) is 72.0 Å². The van der Waals surface area contributed by atoms with Gasteiger partial charge in [0, 0.05) is 11.1 Å². The Morgan fingerprint density at radius 3 is 1.74 bits per heavy atom. The van der Waals surface area contributed by atoms with Crippen LogP contribution in [-0.2, 0) is 15.3 Å². The second kappa shape index (κ2) is 11.5. The molecule has 0 saturated heterocycles. The Balaban J connectivity index is 1.72. The van der Waals surface area contributed by atoms with Gasteiger partial charge < -0.3 is 21.3 Å². The summed E-state index contributed by atoms with van der Waals surface area (Å²) >= 11 is 0. The fraction of sp³-hybridized carbons (Fsp3) is 0.125. The Bertz CT molecular complexity index is 1910. The first-order chi connectivity index (χ1) is 20.1. The lowest BCUT2D eigenvalue weighted by Gasteiger charge is -2.27. The third-order valence-corrected chi connectivity index (χ3v) is 8.90. The fourth-order valence-electron chi connectivity index (χ4n) is 4.66. The number of aromatic carboxylic acids is 2. The molecule has 0 aromatic heterocycles. The second-order valence-electron chi connectivity index (χ2n) is 10.4. The molecule has 0 aliphatic heterocycles. The van der Waals surface area contributed by atoms with E-state index in [9.17, 15) is 37.8 Å². The molecule has 43 heavy (non-hydrogen) atoms. The minimum Gasteiger partial charge on any atom is -0.478 e. The van der Waals surface area contributed by atoms with Gasteiger partial charge in [-0.25, -0.2) is 18.0 Å². The molecule has 0 unspecified atom stereocenters. The smallest absolute Gasteiger partial charge is 0.336 e. The average molecular weight is 601 g/mol. The van der Waals surface area contributed by atoms with E-state index in [1.165, 1.54) is 72.8 Å². The number of nitrogens with one attached hydrogen (secondary N) is 1. The van der Waals surface area contributed by atoms with E-state index in [0.29, 0.717) is 11.1 Å². The van der Waals surface area contributed by atoms with Gasteiger partial charge in [-0.15, -0.1) is 0 Å². The summed E-state index contributed by atoms with van der Waals surface area (Å²) in [6.07, 6.45) is 0. The number of hydrogen-bond donors (Lipinski definition) is 4. The van der Waals surface area contributed by atoms with Gasteiger partial charge in [-0.3, -0.25) is 9.59 Å². The number of amides is 2. The minimum atomic E-state index is -3.90. The van der Waals surface area contributed by atoms with Crippen LogP contribution in [0, 0.1) is 6.92 Å². The van der Waals surface area contributed by atoms with Crippen LogP contribution in [0.25, 0.3) is 0 Å². The number of hydrogen-bond acceptors (Lipinski definition) is 6. The number of carboxylic acid groups (broad SMARTS) is 2. The van der Waals surface area contributed by atoms with Gasteiger partial charge in [0.2, 0.25) is 15.7 Å². The van der Waals surface area contributed by atoms with Crippen LogP contribution in [0.15, 0.2) is 94.7 Å². The number of carboxylic acids is 2. The normalized spacial score (nSPS) is 11.5. The zero-order valence-corrected chi connectivity index (χ0v) is 24.2. The standard InChI is InChI=1S/C32H28N2O8S/c1-18-6-4-8-22(14-18)43(41,42)23-9-5-7-21(17-23)34-29(36)27-16-20(11-13-25(27)31(39)40)32(2,3)19-10-12-24(30(37)38)26(15-19)28(33)35/h4-17H,1-3H3,(H2,33,35)(H,34,36)(H,37,38)(H,39,40). The highest BCUT2D eigenvalue weighted by atomic mass is 32.2. The second-order valence-corrected chi connectivity index (χ2v) is 12.4. The quantitative estimate of drug-likeness (QED) is 0.209. The first-order valence-corrected chi connectivity index (χ1v) is 14.4. The molecule has 4 aromatic carbocycles. The Hall–Kier alpha value is -5.29. The Morgan fingerprint density at radius 1 is 0.698 bits per heavy atom. The molecule has 0 aliphatic carbocycles. The van der Waals surface area contributed by atoms with Crippen LogP contribution >= 0.6 is 0 Å². The van der Waals surface area contributed by atoms with E-state index in [1.54, 1.807) is 32.9 Å². The van der Waals surface area contributed by atoms with E-state index in [2.05, 4.69) is 5.32 Å². The average Bonchev–Trinajstić information content (AvgIpc) is 2.96. The zero-order valence-electron chi connectivity index (χ0n) is 23.4. The van der Waals surface area contributed by atoms with Crippen molar-refractivity contribution in [2.75, 3.05) is 5.32 Å². The maximum atomic E-state index is 13.4. The third kappa shape index (κ3) is 6.16. The molecule has 0 bridgehead atoms. The van der Waals surface area contributed by atoms with E-state index < -0.39 is 39.0 Å². The molecule has 4 aromatic rings. The number of anilines is 1. The first kappa shape index (κ1) is 30.7. The van der Waals surface area contributed by atoms with Crippen LogP contribution in [-0.4, -0.2) is 42.4 Å². The van der Waals surface area contributed by atoms with Crippen LogP contribution in [0.5, 0.6) is 0 Å². The molecule has 2 amide bonds. The lowest BCUT2D eigenvalue weighted by Crippen LogP contribution is -2.24. The maximum absolute atomic E-state index is 13.4. The molecule has 0 aliphatic rings. The highest BCUT2D eigenvalue weighted by molar-refractivity contribution is 7.91. The van der Waals surface area contributed by atoms with Crippen molar-refractivity contribution in [3.05, 3.63) is 124 Å². The molecule has 0 spiro atoms. The number of benzene rings is 4. The van der Waals surface area contributed by atoms with Gasteiger partial charge in [0.05, 0.1) is 32.0 Å². The Kier molecular flexibility index (Phi) is 8.22. The van der Waals surface area contributed by atoms with Crippen LogP contribution in [0.2, 0.25) is 0 Å². The summed E-state index contributed by atoms with van der Waals surface area (Å²) in [6, 6.07) is 20.4. The summed E-state index contributed by atoms with van der Waals surface area (Å²) in [5.41, 5.74) is 5.41. The predicted octanol–water partition coefficient (Wildman–Crippen LogP) is 4.90. The lowest BCUT2D eigenvalue weighted by molar-refractivity contribution is 0.0683. The molecular formula is C32H28N2O8S. The molecule has 5 N–H and O–H groups in total. The van der Waals surface area contributed by atoms with Gasteiger partial charge in [0.25, 0.3) is 5.91 Å². The lowest BCUT2D eigenvalue weighted by atomic mass is 9.76. The third-order valence-electron chi connectivity index (χ3n) is 7.16. The van der Waals surface area contributed by atoms with Crippen LogP contribution in [0.4, 0.5) is 5.69 Å². The summed E-state index contributed by atoms with van der Waals surface area (Å²) in [4.78, 5) is 49.0. The zero-order chi connectivity index (χ0) is 31.7. The van der Waals surface area contributed by atoms with E-state index in [1.807, 2.05) is 0 Å². The summed E-state index contributed by atoms with van der Waals surface area (Å²) in [6.45, 7) is 5.28. The number of primary amides is 1. The fourth-order valence-corrected chi connectivity index (χ4v) is 6.07. The van der Waals surface area contributed by atoms with Gasteiger partial charge in [-0.2, -0.15) is 0 Å². The van der Waals surface area contributed by atoms with Crippen molar-refractivity contribution in [3.63, 3.8) is 0 Å². The number of nitrogens with two attached hydrogens (primary N) is 1. The summed E-state index contributed by atoms with van der Waals surface area (Å²) in [5.74, 6) is -4.40. The van der Waals surface area contributed by atoms with Gasteiger partial charge in [0.1, 0.15) is 0 Å². The van der Waals surface area contributed by atoms with Gasteiger partial charge in [-0.1, -0.05) is 44.2 Å². The Labute approximate surface area is 247 Å². The Morgan fingerprint density at radius 2 is 1.21 bits per heavy atom. The van der Waals surface area contributed by atoms with E-state index in [-0.39, 0.29) is 37.7 Å². The molecular weight excluding hydrogens is 572 g/mol. The largest absolute Gasteiger partial charge is 0.478 e. The van der Waals surface area contributed by atoms with Crippen molar-refractivity contribution in [2.24, 2.45) is 5.73 Å². The highest BCUT2D eigenvalue weighted by Crippen LogP contribution is 2.34. The van der Waals surface area contributed by atoms with Gasteiger partial charge in [-0.05, 0) is 78.2 Å².